The van der Waals surface area contributed by atoms with E-state index in [-0.39, 0.29) is 6.54 Å². The highest BCUT2D eigenvalue weighted by Crippen LogP contribution is 2.30. The van der Waals surface area contributed by atoms with Crippen molar-refractivity contribution in [2.75, 3.05) is 13.7 Å². The molecule has 0 spiro atoms. The molecule has 2 atom stereocenters. The minimum absolute atomic E-state index is 0.171. The molecular formula is C15H23NO4. The number of carboxylic acid groups (broad SMARTS) is 1. The molecule has 0 aliphatic carbocycles. The van der Waals surface area contributed by atoms with Gasteiger partial charge in [-0.1, -0.05) is 18.6 Å². The van der Waals surface area contributed by atoms with Crippen LogP contribution in [-0.2, 0) is 4.79 Å². The van der Waals surface area contributed by atoms with Gasteiger partial charge in [0, 0.05) is 12.1 Å². The number of rotatable bonds is 7. The highest BCUT2D eigenvalue weighted by atomic mass is 16.5. The van der Waals surface area contributed by atoms with E-state index in [0.29, 0.717) is 17.7 Å². The molecule has 112 valence electrons. The fourth-order valence-corrected chi connectivity index (χ4v) is 2.28. The first-order chi connectivity index (χ1) is 9.40. The van der Waals surface area contributed by atoms with Crippen molar-refractivity contribution in [3.8, 4) is 5.75 Å². The quantitative estimate of drug-likeness (QED) is 0.710. The fourth-order valence-electron chi connectivity index (χ4n) is 2.28. The Labute approximate surface area is 119 Å². The lowest BCUT2D eigenvalue weighted by Gasteiger charge is -2.20. The Morgan fingerprint density at radius 1 is 1.40 bits per heavy atom. The van der Waals surface area contributed by atoms with Gasteiger partial charge < -0.3 is 20.3 Å². The predicted molar refractivity (Wildman–Crippen MR) is 77.1 cm³/mol. The molecule has 1 aromatic rings. The van der Waals surface area contributed by atoms with Crippen molar-refractivity contribution in [3.63, 3.8) is 0 Å². The van der Waals surface area contributed by atoms with Gasteiger partial charge in [-0.3, -0.25) is 4.79 Å². The molecule has 5 nitrogen and oxygen atoms in total. The van der Waals surface area contributed by atoms with Gasteiger partial charge in [-0.05, 0) is 31.9 Å². The van der Waals surface area contributed by atoms with Crippen molar-refractivity contribution in [3.05, 3.63) is 28.8 Å². The Morgan fingerprint density at radius 3 is 2.55 bits per heavy atom. The number of benzene rings is 1. The number of ether oxygens (including phenoxy) is 1. The minimum atomic E-state index is -0.910. The predicted octanol–water partition coefficient (Wildman–Crippen LogP) is 1.80. The van der Waals surface area contributed by atoms with Crippen molar-refractivity contribution in [2.24, 2.45) is 0 Å². The first kappa shape index (κ1) is 16.5. The second-order valence-electron chi connectivity index (χ2n) is 4.93. The summed E-state index contributed by atoms with van der Waals surface area (Å²) in [6, 6.07) is 3.19. The highest BCUT2D eigenvalue weighted by molar-refractivity contribution is 5.73. The molecule has 0 bridgehead atoms. The molecule has 5 heteroatoms. The van der Waals surface area contributed by atoms with Gasteiger partial charge in [0.25, 0.3) is 0 Å². The van der Waals surface area contributed by atoms with Crippen LogP contribution >= 0.6 is 0 Å². The maximum absolute atomic E-state index is 10.9. The summed E-state index contributed by atoms with van der Waals surface area (Å²) in [6.07, 6.45) is -0.344. The molecule has 0 amide bonds. The van der Waals surface area contributed by atoms with Crippen LogP contribution in [0.5, 0.6) is 5.75 Å². The number of aryl methyl sites for hydroxylation is 2. The smallest absolute Gasteiger partial charge is 0.320 e. The lowest BCUT2D eigenvalue weighted by molar-refractivity contribution is -0.139. The zero-order valence-electron chi connectivity index (χ0n) is 12.4. The summed E-state index contributed by atoms with van der Waals surface area (Å²) in [6.45, 7) is 5.82. The van der Waals surface area contributed by atoms with E-state index >= 15 is 0 Å². The summed E-state index contributed by atoms with van der Waals surface area (Å²) in [5, 5.41) is 22.1. The van der Waals surface area contributed by atoms with Crippen molar-refractivity contribution in [1.82, 2.24) is 5.32 Å². The van der Waals surface area contributed by atoms with Crippen LogP contribution in [0.4, 0.5) is 0 Å². The van der Waals surface area contributed by atoms with Gasteiger partial charge in [0.15, 0.2) is 0 Å². The molecule has 20 heavy (non-hydrogen) atoms. The third-order valence-electron chi connectivity index (χ3n) is 3.27. The summed E-state index contributed by atoms with van der Waals surface area (Å²) in [7, 11) is 1.56. The molecule has 1 rings (SSSR count). The van der Waals surface area contributed by atoms with Crippen molar-refractivity contribution < 1.29 is 19.7 Å². The van der Waals surface area contributed by atoms with Gasteiger partial charge in [-0.2, -0.15) is 0 Å². The molecule has 0 aromatic heterocycles. The van der Waals surface area contributed by atoms with Crippen molar-refractivity contribution in [2.45, 2.75) is 39.3 Å². The normalized spacial score (nSPS) is 13.8. The summed E-state index contributed by atoms with van der Waals surface area (Å²) < 4.78 is 5.33. The van der Waals surface area contributed by atoms with Gasteiger partial charge in [-0.15, -0.1) is 0 Å². The van der Waals surface area contributed by atoms with E-state index in [4.69, 9.17) is 9.84 Å². The van der Waals surface area contributed by atoms with Gasteiger partial charge in [0.2, 0.25) is 0 Å². The van der Waals surface area contributed by atoms with E-state index in [9.17, 15) is 9.90 Å². The highest BCUT2D eigenvalue weighted by Gasteiger charge is 2.19. The maximum atomic E-state index is 10.9. The molecule has 1 aromatic carbocycles. The fraction of sp³-hybridized carbons (Fsp3) is 0.533. The standard InChI is InChI=1S/C15H23NO4/c1-5-12(15(18)19)16-8-13(17)11-7-9(2)6-10(3)14(11)20-4/h6-7,12-13,16-17H,5,8H2,1-4H3,(H,18,19). The Balaban J connectivity index is 2.87. The van der Waals surface area contributed by atoms with E-state index in [0.717, 1.165) is 11.1 Å². The summed E-state index contributed by atoms with van der Waals surface area (Å²) >= 11 is 0. The van der Waals surface area contributed by atoms with Crippen LogP contribution in [0.2, 0.25) is 0 Å². The van der Waals surface area contributed by atoms with Gasteiger partial charge in [0.05, 0.1) is 13.2 Å². The summed E-state index contributed by atoms with van der Waals surface area (Å²) in [5.41, 5.74) is 2.66. The van der Waals surface area contributed by atoms with E-state index in [1.165, 1.54) is 0 Å². The van der Waals surface area contributed by atoms with Crippen LogP contribution in [0.25, 0.3) is 0 Å². The number of aliphatic carboxylic acids is 1. The van der Waals surface area contributed by atoms with Crippen LogP contribution in [0, 0.1) is 13.8 Å². The summed E-state index contributed by atoms with van der Waals surface area (Å²) in [4.78, 5) is 10.9. The van der Waals surface area contributed by atoms with Crippen LogP contribution in [0.3, 0.4) is 0 Å². The molecular weight excluding hydrogens is 258 g/mol. The molecule has 0 fully saturated rings. The Bertz CT molecular complexity index is 473. The molecule has 0 saturated heterocycles. The number of methoxy groups -OCH3 is 1. The zero-order chi connectivity index (χ0) is 15.3. The molecule has 3 N–H and O–H groups in total. The van der Waals surface area contributed by atoms with Crippen LogP contribution in [0.1, 0.15) is 36.1 Å². The number of carboxylic acids is 1. The third kappa shape index (κ3) is 3.95. The van der Waals surface area contributed by atoms with Crippen LogP contribution in [0.15, 0.2) is 12.1 Å². The van der Waals surface area contributed by atoms with E-state index in [2.05, 4.69) is 5.32 Å². The largest absolute Gasteiger partial charge is 0.496 e. The average molecular weight is 281 g/mol. The number of nitrogens with one attached hydrogen (secondary N) is 1. The van der Waals surface area contributed by atoms with Gasteiger partial charge >= 0.3 is 5.97 Å². The van der Waals surface area contributed by atoms with Crippen molar-refractivity contribution in [1.29, 1.82) is 0 Å². The van der Waals surface area contributed by atoms with Crippen LogP contribution in [-0.4, -0.2) is 35.9 Å². The lowest BCUT2D eigenvalue weighted by atomic mass is 10.0. The first-order valence-corrected chi connectivity index (χ1v) is 6.70. The van der Waals surface area contributed by atoms with E-state index < -0.39 is 18.1 Å². The topological polar surface area (TPSA) is 78.8 Å². The second kappa shape index (κ2) is 7.26. The number of aliphatic hydroxyl groups is 1. The molecule has 0 aliphatic heterocycles. The molecule has 0 saturated carbocycles. The molecule has 0 aliphatic rings. The first-order valence-electron chi connectivity index (χ1n) is 6.70. The minimum Gasteiger partial charge on any atom is -0.496 e. The Morgan fingerprint density at radius 2 is 2.05 bits per heavy atom. The molecule has 0 heterocycles. The second-order valence-corrected chi connectivity index (χ2v) is 4.93. The number of hydrogen-bond acceptors (Lipinski definition) is 4. The average Bonchev–Trinajstić information content (AvgIpc) is 2.37. The number of hydrogen-bond donors (Lipinski definition) is 3. The lowest BCUT2D eigenvalue weighted by Crippen LogP contribution is -2.38. The Kier molecular flexibility index (Phi) is 5.98. The molecule has 2 unspecified atom stereocenters. The summed E-state index contributed by atoms with van der Waals surface area (Å²) in [5.74, 6) is -0.264. The molecule has 0 radical (unpaired) electrons. The number of aliphatic hydroxyl groups excluding tert-OH is 1. The Hall–Kier alpha value is -1.59. The van der Waals surface area contributed by atoms with Crippen molar-refractivity contribution >= 4 is 5.97 Å². The van der Waals surface area contributed by atoms with Gasteiger partial charge in [0.1, 0.15) is 11.8 Å². The SMILES string of the molecule is CCC(NCC(O)c1cc(C)cc(C)c1OC)C(=O)O. The van der Waals surface area contributed by atoms with Crippen LogP contribution < -0.4 is 10.1 Å². The number of carbonyl (C=O) groups is 1. The van der Waals surface area contributed by atoms with E-state index in [1.54, 1.807) is 14.0 Å². The zero-order valence-corrected chi connectivity index (χ0v) is 12.4. The van der Waals surface area contributed by atoms with Gasteiger partial charge in [-0.25, -0.2) is 0 Å². The van der Waals surface area contributed by atoms with E-state index in [1.807, 2.05) is 26.0 Å². The maximum Gasteiger partial charge on any atom is 0.320 e. The third-order valence-corrected chi connectivity index (χ3v) is 3.27. The monoisotopic (exact) mass is 281 g/mol.